The first-order valence-electron chi connectivity index (χ1n) is 7.72. The minimum absolute atomic E-state index is 0.0690. The molecule has 0 saturated carbocycles. The Labute approximate surface area is 150 Å². The third-order valence-corrected chi connectivity index (χ3v) is 7.35. The first kappa shape index (κ1) is 19.3. The molecule has 0 amide bonds. The molecule has 25 heavy (non-hydrogen) atoms. The normalized spacial score (nSPS) is 13.2. The molecule has 0 unspecified atom stereocenters. The van der Waals surface area contributed by atoms with E-state index in [-0.39, 0.29) is 16.0 Å². The molecular formula is C16H21N3O4S2. The smallest absolute Gasteiger partial charge is 0.285 e. The van der Waals surface area contributed by atoms with Crippen LogP contribution in [0.3, 0.4) is 0 Å². The molecule has 1 aromatic carbocycles. The number of nitro benzene ring substituents is 1. The number of aromatic nitrogens is 1. The molecule has 0 radical (unpaired) electrons. The fourth-order valence-corrected chi connectivity index (χ4v) is 4.81. The highest BCUT2D eigenvalue weighted by atomic mass is 32.2. The predicted octanol–water partition coefficient (Wildman–Crippen LogP) is 3.28. The predicted molar refractivity (Wildman–Crippen MR) is 97.2 cm³/mol. The van der Waals surface area contributed by atoms with E-state index in [1.165, 1.54) is 23.5 Å². The van der Waals surface area contributed by atoms with Crippen LogP contribution >= 0.6 is 11.3 Å². The van der Waals surface area contributed by atoms with E-state index in [1.807, 2.05) is 6.92 Å². The summed E-state index contributed by atoms with van der Waals surface area (Å²) >= 11 is 1.36. The number of benzene rings is 1. The number of sulfonamides is 1. The van der Waals surface area contributed by atoms with Crippen LogP contribution in [0.1, 0.15) is 37.8 Å². The molecule has 0 N–H and O–H groups in total. The van der Waals surface area contributed by atoms with Crippen LogP contribution in [0.2, 0.25) is 0 Å². The lowest BCUT2D eigenvalue weighted by atomic mass is 9.87. The molecule has 1 aromatic heterocycles. The summed E-state index contributed by atoms with van der Waals surface area (Å²) in [7, 11) is -2.16. The summed E-state index contributed by atoms with van der Waals surface area (Å²) < 4.78 is 30.8. The Balaban J connectivity index is 2.56. The van der Waals surface area contributed by atoms with Gasteiger partial charge in [-0.1, -0.05) is 20.8 Å². The second kappa shape index (κ2) is 6.72. The molecule has 0 aliphatic rings. The molecule has 0 aliphatic heterocycles. The molecule has 0 atom stereocenters. The number of hydrogen-bond donors (Lipinski definition) is 0. The number of hydrogen-bond acceptors (Lipinski definition) is 5. The molecular weight excluding hydrogens is 362 g/mol. The van der Waals surface area contributed by atoms with Gasteiger partial charge in [0.2, 0.25) is 4.80 Å². The third-order valence-electron chi connectivity index (χ3n) is 4.35. The van der Waals surface area contributed by atoms with Crippen LogP contribution < -0.4 is 4.80 Å². The number of nitro groups is 1. The van der Waals surface area contributed by atoms with E-state index >= 15 is 0 Å². The highest BCUT2D eigenvalue weighted by molar-refractivity contribution is 7.90. The van der Waals surface area contributed by atoms with Gasteiger partial charge in [0, 0.05) is 35.2 Å². The van der Waals surface area contributed by atoms with Gasteiger partial charge < -0.3 is 4.57 Å². The van der Waals surface area contributed by atoms with Gasteiger partial charge >= 0.3 is 0 Å². The van der Waals surface area contributed by atoms with Crippen LogP contribution in [0.4, 0.5) is 5.69 Å². The quantitative estimate of drug-likeness (QED) is 0.585. The topological polar surface area (TPSA) is 94.6 Å². The number of nitrogens with zero attached hydrogens (tertiary/aromatic N) is 3. The van der Waals surface area contributed by atoms with Crippen LogP contribution in [0.25, 0.3) is 0 Å². The Kier molecular flexibility index (Phi) is 5.19. The average Bonchev–Trinajstić information content (AvgIpc) is 2.83. The van der Waals surface area contributed by atoms with Crippen molar-refractivity contribution in [1.29, 1.82) is 0 Å². The fraction of sp³-hybridized carbons (Fsp3) is 0.438. The first-order chi connectivity index (χ1) is 11.5. The molecule has 0 fully saturated rings. The second-order valence-corrected chi connectivity index (χ2v) is 8.99. The van der Waals surface area contributed by atoms with Gasteiger partial charge in [0.05, 0.1) is 9.82 Å². The Morgan fingerprint density at radius 2 is 1.84 bits per heavy atom. The largest absolute Gasteiger partial charge is 0.323 e. The van der Waals surface area contributed by atoms with Crippen LogP contribution in [-0.4, -0.2) is 17.9 Å². The highest BCUT2D eigenvalue weighted by Gasteiger charge is 2.25. The standard InChI is InChI=1S/C16H21N3O4S2/c1-6-16(3,4)14-11(2)18(5)15(24-14)17-25(22,23)13-9-7-12(8-10-13)19(20)21/h7-10H,6H2,1-5H3. The summed E-state index contributed by atoms with van der Waals surface area (Å²) in [6.45, 7) is 8.26. The van der Waals surface area contributed by atoms with Gasteiger partial charge in [0.15, 0.2) is 0 Å². The van der Waals surface area contributed by atoms with Crippen molar-refractivity contribution < 1.29 is 13.3 Å². The minimum Gasteiger partial charge on any atom is -0.323 e. The Morgan fingerprint density at radius 1 is 1.28 bits per heavy atom. The van der Waals surface area contributed by atoms with E-state index in [4.69, 9.17) is 0 Å². The Hall–Kier alpha value is -2.00. The van der Waals surface area contributed by atoms with Crippen molar-refractivity contribution in [3.05, 3.63) is 49.8 Å². The molecule has 0 spiro atoms. The van der Waals surface area contributed by atoms with Crippen molar-refractivity contribution >= 4 is 27.0 Å². The number of thiazole rings is 1. The maximum absolute atomic E-state index is 12.5. The monoisotopic (exact) mass is 383 g/mol. The summed E-state index contributed by atoms with van der Waals surface area (Å²) in [4.78, 5) is 11.5. The maximum atomic E-state index is 12.5. The summed E-state index contributed by atoms with van der Waals surface area (Å²) in [5, 5.41) is 10.7. The Bertz CT molecular complexity index is 968. The van der Waals surface area contributed by atoms with Crippen molar-refractivity contribution in [3.63, 3.8) is 0 Å². The van der Waals surface area contributed by atoms with Gasteiger partial charge in [-0.2, -0.15) is 8.42 Å². The van der Waals surface area contributed by atoms with Gasteiger partial charge in [-0.3, -0.25) is 10.1 Å². The van der Waals surface area contributed by atoms with Crippen molar-refractivity contribution in [2.45, 2.75) is 44.4 Å². The van der Waals surface area contributed by atoms with Gasteiger partial charge in [-0.15, -0.1) is 15.7 Å². The molecule has 0 aliphatic carbocycles. The molecule has 2 aromatic rings. The number of non-ortho nitro benzene ring substituents is 1. The second-order valence-electron chi connectivity index (χ2n) is 6.41. The van der Waals surface area contributed by atoms with Crippen LogP contribution in [-0.2, 0) is 22.5 Å². The lowest BCUT2D eigenvalue weighted by Gasteiger charge is -2.21. The molecule has 7 nitrogen and oxygen atoms in total. The molecule has 0 saturated heterocycles. The van der Waals surface area contributed by atoms with E-state index in [0.29, 0.717) is 4.80 Å². The van der Waals surface area contributed by atoms with Crippen molar-refractivity contribution in [2.24, 2.45) is 11.4 Å². The fourth-order valence-electron chi connectivity index (χ4n) is 2.29. The third kappa shape index (κ3) is 3.82. The van der Waals surface area contributed by atoms with Gasteiger partial charge in [0.1, 0.15) is 0 Å². The Morgan fingerprint density at radius 3 is 2.32 bits per heavy atom. The van der Waals surface area contributed by atoms with E-state index in [2.05, 4.69) is 25.2 Å². The van der Waals surface area contributed by atoms with Crippen molar-refractivity contribution in [2.75, 3.05) is 0 Å². The van der Waals surface area contributed by atoms with E-state index < -0.39 is 14.9 Å². The van der Waals surface area contributed by atoms with Crippen LogP contribution in [0.15, 0.2) is 33.6 Å². The SMILES string of the molecule is CCC(C)(C)c1sc(=NS(=O)(=O)c2ccc([N+](=O)[O-])cc2)n(C)c1C. The van der Waals surface area contributed by atoms with Gasteiger partial charge in [-0.25, -0.2) is 0 Å². The maximum Gasteiger partial charge on any atom is 0.285 e. The lowest BCUT2D eigenvalue weighted by Crippen LogP contribution is -2.16. The zero-order chi connectivity index (χ0) is 19.0. The molecule has 9 heteroatoms. The van der Waals surface area contributed by atoms with Crippen molar-refractivity contribution in [3.8, 4) is 0 Å². The summed E-state index contributed by atoms with van der Waals surface area (Å²) in [5.74, 6) is 0. The minimum atomic E-state index is -3.94. The highest BCUT2D eigenvalue weighted by Crippen LogP contribution is 2.31. The van der Waals surface area contributed by atoms with Crippen molar-refractivity contribution in [1.82, 2.24) is 4.57 Å². The van der Waals surface area contributed by atoms with E-state index in [9.17, 15) is 18.5 Å². The average molecular weight is 383 g/mol. The van der Waals surface area contributed by atoms with E-state index in [0.717, 1.165) is 29.1 Å². The molecule has 2 rings (SSSR count). The summed E-state index contributed by atoms with van der Waals surface area (Å²) in [5.41, 5.74) is 0.746. The number of rotatable bonds is 5. The lowest BCUT2D eigenvalue weighted by molar-refractivity contribution is -0.384. The molecule has 136 valence electrons. The van der Waals surface area contributed by atoms with Crippen LogP contribution in [0.5, 0.6) is 0 Å². The van der Waals surface area contributed by atoms with Gasteiger partial charge in [-0.05, 0) is 25.5 Å². The molecule has 1 heterocycles. The first-order valence-corrected chi connectivity index (χ1v) is 9.97. The zero-order valence-electron chi connectivity index (χ0n) is 14.8. The summed E-state index contributed by atoms with van der Waals surface area (Å²) in [6, 6.07) is 4.73. The van der Waals surface area contributed by atoms with Crippen LogP contribution in [0, 0.1) is 17.0 Å². The molecule has 0 bridgehead atoms. The summed E-state index contributed by atoms with van der Waals surface area (Å²) in [6.07, 6.45) is 0.920. The zero-order valence-corrected chi connectivity index (χ0v) is 16.4. The van der Waals surface area contributed by atoms with E-state index in [1.54, 1.807) is 11.6 Å². The van der Waals surface area contributed by atoms with Gasteiger partial charge in [0.25, 0.3) is 15.7 Å².